The lowest BCUT2D eigenvalue weighted by Gasteiger charge is -2.24. The van der Waals surface area contributed by atoms with Crippen LogP contribution in [0.2, 0.25) is 0 Å². The summed E-state index contributed by atoms with van der Waals surface area (Å²) in [6.07, 6.45) is 0. The molecule has 4 nitrogen and oxygen atoms in total. The molecular formula is C15H34N4. The van der Waals surface area contributed by atoms with Gasteiger partial charge in [0.2, 0.25) is 0 Å². The van der Waals surface area contributed by atoms with E-state index >= 15 is 0 Å². The van der Waals surface area contributed by atoms with Crippen molar-refractivity contribution in [1.29, 1.82) is 0 Å². The van der Waals surface area contributed by atoms with Gasteiger partial charge in [0.1, 0.15) is 0 Å². The van der Waals surface area contributed by atoms with Gasteiger partial charge in [-0.15, -0.1) is 0 Å². The first-order valence-corrected chi connectivity index (χ1v) is 7.71. The Bertz CT molecular complexity index is 249. The second-order valence-electron chi connectivity index (χ2n) is 5.66. The minimum Gasteiger partial charge on any atom is -0.357 e. The summed E-state index contributed by atoms with van der Waals surface area (Å²) in [5.41, 5.74) is 0. The summed E-state index contributed by atoms with van der Waals surface area (Å²) in [7, 11) is 0. The van der Waals surface area contributed by atoms with E-state index in [0.717, 1.165) is 32.1 Å². The third-order valence-electron chi connectivity index (χ3n) is 3.50. The van der Waals surface area contributed by atoms with Crippen molar-refractivity contribution in [1.82, 2.24) is 15.5 Å². The van der Waals surface area contributed by atoms with E-state index in [1.165, 1.54) is 0 Å². The zero-order valence-corrected chi connectivity index (χ0v) is 14.0. The number of aliphatic imine (C=N–C) groups is 1. The number of nitrogens with one attached hydrogen (secondary N) is 2. The van der Waals surface area contributed by atoms with E-state index in [1.807, 2.05) is 0 Å². The maximum Gasteiger partial charge on any atom is 0.191 e. The van der Waals surface area contributed by atoms with Gasteiger partial charge in [-0.1, -0.05) is 20.8 Å². The molecule has 0 aliphatic heterocycles. The fraction of sp³-hybridized carbons (Fsp3) is 0.933. The predicted octanol–water partition coefficient (Wildman–Crippen LogP) is 2.32. The summed E-state index contributed by atoms with van der Waals surface area (Å²) in [5.74, 6) is 1.54. The molecule has 0 saturated carbocycles. The first-order chi connectivity index (χ1) is 8.92. The van der Waals surface area contributed by atoms with Crippen LogP contribution in [0.3, 0.4) is 0 Å². The Hall–Kier alpha value is -0.770. The van der Waals surface area contributed by atoms with Crippen LogP contribution in [-0.4, -0.2) is 49.1 Å². The fourth-order valence-electron chi connectivity index (χ4n) is 1.77. The van der Waals surface area contributed by atoms with E-state index in [2.05, 4.69) is 69.0 Å². The van der Waals surface area contributed by atoms with Crippen LogP contribution in [-0.2, 0) is 0 Å². The number of guanidine groups is 1. The number of hydrogen-bond donors (Lipinski definition) is 2. The molecule has 0 aliphatic carbocycles. The van der Waals surface area contributed by atoms with Crippen LogP contribution in [0.15, 0.2) is 4.99 Å². The molecule has 0 heterocycles. The van der Waals surface area contributed by atoms with E-state index in [1.54, 1.807) is 0 Å². The topological polar surface area (TPSA) is 39.7 Å². The molecule has 0 aliphatic rings. The minimum atomic E-state index is 0.435. The van der Waals surface area contributed by atoms with Gasteiger partial charge in [0, 0.05) is 25.2 Å². The lowest BCUT2D eigenvalue weighted by atomic mass is 10.1. The van der Waals surface area contributed by atoms with Crippen molar-refractivity contribution >= 4 is 5.96 Å². The van der Waals surface area contributed by atoms with Crippen LogP contribution in [0.1, 0.15) is 48.5 Å². The van der Waals surface area contributed by atoms with Crippen LogP contribution in [0.25, 0.3) is 0 Å². The highest BCUT2D eigenvalue weighted by Gasteiger charge is 2.09. The van der Waals surface area contributed by atoms with E-state index in [9.17, 15) is 0 Å². The van der Waals surface area contributed by atoms with Gasteiger partial charge in [-0.05, 0) is 40.2 Å². The average molecular weight is 270 g/mol. The molecule has 1 atom stereocenters. The molecular weight excluding hydrogens is 236 g/mol. The van der Waals surface area contributed by atoms with Crippen molar-refractivity contribution in [3.8, 4) is 0 Å². The van der Waals surface area contributed by atoms with Crippen molar-refractivity contribution in [2.75, 3.05) is 26.2 Å². The summed E-state index contributed by atoms with van der Waals surface area (Å²) < 4.78 is 0. The van der Waals surface area contributed by atoms with E-state index < -0.39 is 0 Å². The van der Waals surface area contributed by atoms with Crippen LogP contribution in [0.4, 0.5) is 0 Å². The summed E-state index contributed by atoms with van der Waals surface area (Å²) in [6, 6.07) is 1.02. The highest BCUT2D eigenvalue weighted by Crippen LogP contribution is 2.00. The predicted molar refractivity (Wildman–Crippen MR) is 85.8 cm³/mol. The molecule has 0 aromatic heterocycles. The number of nitrogens with zero attached hydrogens (tertiary/aromatic N) is 2. The molecule has 19 heavy (non-hydrogen) atoms. The summed E-state index contributed by atoms with van der Waals surface area (Å²) in [5, 5.41) is 6.77. The quantitative estimate of drug-likeness (QED) is 0.525. The van der Waals surface area contributed by atoms with Gasteiger partial charge in [0.25, 0.3) is 0 Å². The molecule has 0 spiro atoms. The van der Waals surface area contributed by atoms with E-state index in [0.29, 0.717) is 18.0 Å². The Kier molecular flexibility index (Phi) is 9.66. The Balaban J connectivity index is 4.33. The molecule has 0 aromatic carbocycles. The summed E-state index contributed by atoms with van der Waals surface area (Å²) in [6.45, 7) is 19.2. The van der Waals surface area contributed by atoms with Gasteiger partial charge in [-0.3, -0.25) is 9.89 Å². The van der Waals surface area contributed by atoms with Crippen LogP contribution in [0, 0.1) is 5.92 Å². The molecule has 0 amide bonds. The Labute approximate surface area is 120 Å². The Morgan fingerprint density at radius 1 is 1.11 bits per heavy atom. The second kappa shape index (κ2) is 10.1. The molecule has 0 bridgehead atoms. The number of hydrogen-bond acceptors (Lipinski definition) is 2. The van der Waals surface area contributed by atoms with Gasteiger partial charge in [0.15, 0.2) is 5.96 Å². The maximum absolute atomic E-state index is 4.66. The van der Waals surface area contributed by atoms with Gasteiger partial charge in [-0.2, -0.15) is 0 Å². The van der Waals surface area contributed by atoms with Gasteiger partial charge in [-0.25, -0.2) is 0 Å². The highest BCUT2D eigenvalue weighted by atomic mass is 15.2. The standard InChI is InChI=1S/C15H34N4/c1-8-16-15(18-14(7)12(3)4)17-10-11-19(9-2)13(5)6/h12-14H,8-11H2,1-7H3,(H2,16,17,18). The average Bonchev–Trinajstić information content (AvgIpc) is 2.33. The van der Waals surface area contributed by atoms with Crippen molar-refractivity contribution < 1.29 is 0 Å². The largest absolute Gasteiger partial charge is 0.357 e. The highest BCUT2D eigenvalue weighted by molar-refractivity contribution is 5.80. The number of rotatable bonds is 8. The van der Waals surface area contributed by atoms with Crippen molar-refractivity contribution in [2.45, 2.75) is 60.5 Å². The molecule has 1 unspecified atom stereocenters. The van der Waals surface area contributed by atoms with Crippen LogP contribution in [0.5, 0.6) is 0 Å². The van der Waals surface area contributed by atoms with Gasteiger partial charge in [0.05, 0.1) is 6.54 Å². The summed E-state index contributed by atoms with van der Waals surface area (Å²) >= 11 is 0. The molecule has 0 saturated heterocycles. The Morgan fingerprint density at radius 3 is 2.16 bits per heavy atom. The maximum atomic E-state index is 4.66. The first kappa shape index (κ1) is 18.2. The molecule has 0 fully saturated rings. The molecule has 2 N–H and O–H groups in total. The SMILES string of the molecule is CCNC(=NCCN(CC)C(C)C)NC(C)C(C)C. The van der Waals surface area contributed by atoms with Gasteiger partial charge < -0.3 is 10.6 Å². The summed E-state index contributed by atoms with van der Waals surface area (Å²) in [4.78, 5) is 7.09. The van der Waals surface area contributed by atoms with Gasteiger partial charge >= 0.3 is 0 Å². The van der Waals surface area contributed by atoms with Crippen molar-refractivity contribution in [3.63, 3.8) is 0 Å². The van der Waals surface area contributed by atoms with E-state index in [-0.39, 0.29) is 0 Å². The zero-order valence-electron chi connectivity index (χ0n) is 14.0. The third kappa shape index (κ3) is 8.09. The Morgan fingerprint density at radius 2 is 1.74 bits per heavy atom. The normalized spacial score (nSPS) is 14.3. The second-order valence-corrected chi connectivity index (χ2v) is 5.66. The fourth-order valence-corrected chi connectivity index (χ4v) is 1.77. The molecule has 0 radical (unpaired) electrons. The van der Waals surface area contributed by atoms with E-state index in [4.69, 9.17) is 0 Å². The number of likely N-dealkylation sites (N-methyl/N-ethyl adjacent to an activating group) is 1. The monoisotopic (exact) mass is 270 g/mol. The molecule has 4 heteroatoms. The smallest absolute Gasteiger partial charge is 0.191 e. The molecule has 0 rings (SSSR count). The lowest BCUT2D eigenvalue weighted by Crippen LogP contribution is -2.44. The van der Waals surface area contributed by atoms with Crippen LogP contribution < -0.4 is 10.6 Å². The van der Waals surface area contributed by atoms with Crippen LogP contribution >= 0.6 is 0 Å². The lowest BCUT2D eigenvalue weighted by molar-refractivity contribution is 0.240. The third-order valence-corrected chi connectivity index (χ3v) is 3.50. The zero-order chi connectivity index (χ0) is 14.8. The molecule has 114 valence electrons. The van der Waals surface area contributed by atoms with Crippen molar-refractivity contribution in [3.05, 3.63) is 0 Å². The molecule has 0 aromatic rings. The first-order valence-electron chi connectivity index (χ1n) is 7.71. The minimum absolute atomic E-state index is 0.435. The van der Waals surface area contributed by atoms with Crippen molar-refractivity contribution in [2.24, 2.45) is 10.9 Å².